The van der Waals surface area contributed by atoms with Gasteiger partial charge in [0.25, 0.3) is 11.5 Å². The summed E-state index contributed by atoms with van der Waals surface area (Å²) >= 11 is 0. The summed E-state index contributed by atoms with van der Waals surface area (Å²) in [6.45, 7) is 7.47. The van der Waals surface area contributed by atoms with Crippen molar-refractivity contribution in [3.63, 3.8) is 0 Å². The molecule has 1 amide bonds. The molecule has 0 atom stereocenters. The predicted molar refractivity (Wildman–Crippen MR) is 59.1 cm³/mol. The first kappa shape index (κ1) is 11.2. The molecule has 0 spiro atoms. The predicted octanol–water partition coefficient (Wildman–Crippen LogP) is 0.908. The summed E-state index contributed by atoms with van der Waals surface area (Å²) in [5, 5.41) is 2.56. The van der Waals surface area contributed by atoms with Crippen LogP contribution in [0.25, 0.3) is 0 Å². The van der Waals surface area contributed by atoms with Crippen LogP contribution in [-0.2, 0) is 0 Å². The van der Waals surface area contributed by atoms with Gasteiger partial charge < -0.3 is 10.3 Å². The summed E-state index contributed by atoms with van der Waals surface area (Å²) < 4.78 is 0. The SMILES string of the molecule is C=CCNC(=O)c1cc(C)c(C)[nH]c1=O. The molecule has 0 saturated heterocycles. The summed E-state index contributed by atoms with van der Waals surface area (Å²) in [6, 6.07) is 1.59. The lowest BCUT2D eigenvalue weighted by Crippen LogP contribution is -2.30. The Morgan fingerprint density at radius 3 is 2.87 bits per heavy atom. The third-order valence-electron chi connectivity index (χ3n) is 2.15. The second-order valence-electron chi connectivity index (χ2n) is 3.32. The molecule has 0 saturated carbocycles. The maximum absolute atomic E-state index is 11.5. The Morgan fingerprint density at radius 2 is 2.27 bits per heavy atom. The Hall–Kier alpha value is -1.84. The topological polar surface area (TPSA) is 62.0 Å². The number of nitrogens with one attached hydrogen (secondary N) is 2. The van der Waals surface area contributed by atoms with E-state index in [0.717, 1.165) is 11.3 Å². The number of aryl methyl sites for hydroxylation is 2. The first-order chi connectivity index (χ1) is 7.06. The minimum Gasteiger partial charge on any atom is -0.348 e. The van der Waals surface area contributed by atoms with E-state index in [1.807, 2.05) is 6.92 Å². The monoisotopic (exact) mass is 206 g/mol. The Labute approximate surface area is 88.0 Å². The zero-order valence-electron chi connectivity index (χ0n) is 8.89. The average Bonchev–Trinajstić information content (AvgIpc) is 2.20. The molecule has 0 bridgehead atoms. The number of hydrogen-bond acceptors (Lipinski definition) is 2. The minimum absolute atomic E-state index is 0.139. The van der Waals surface area contributed by atoms with Crippen LogP contribution in [-0.4, -0.2) is 17.4 Å². The van der Waals surface area contributed by atoms with Crippen molar-refractivity contribution in [3.05, 3.63) is 45.9 Å². The molecule has 1 aromatic rings. The van der Waals surface area contributed by atoms with Crippen molar-refractivity contribution < 1.29 is 4.79 Å². The van der Waals surface area contributed by atoms with Gasteiger partial charge in [0, 0.05) is 12.2 Å². The Kier molecular flexibility index (Phi) is 3.44. The highest BCUT2D eigenvalue weighted by Crippen LogP contribution is 2.02. The van der Waals surface area contributed by atoms with E-state index in [1.54, 1.807) is 19.1 Å². The molecule has 1 heterocycles. The van der Waals surface area contributed by atoms with Crippen molar-refractivity contribution in [2.75, 3.05) is 6.54 Å². The molecule has 0 aliphatic rings. The first-order valence-corrected chi connectivity index (χ1v) is 4.66. The lowest BCUT2D eigenvalue weighted by molar-refractivity contribution is 0.0956. The molecule has 1 aromatic heterocycles. The number of pyridine rings is 1. The zero-order chi connectivity index (χ0) is 11.4. The van der Waals surface area contributed by atoms with Crippen LogP contribution < -0.4 is 10.9 Å². The number of amides is 1. The fraction of sp³-hybridized carbons (Fsp3) is 0.273. The zero-order valence-corrected chi connectivity index (χ0v) is 8.89. The standard InChI is InChI=1S/C11H14N2O2/c1-4-5-12-10(14)9-6-7(2)8(3)13-11(9)15/h4,6H,1,5H2,2-3H3,(H,12,14)(H,13,15). The highest BCUT2D eigenvalue weighted by molar-refractivity contribution is 5.94. The van der Waals surface area contributed by atoms with E-state index in [-0.39, 0.29) is 17.0 Å². The third kappa shape index (κ3) is 2.56. The molecular formula is C11H14N2O2. The van der Waals surface area contributed by atoms with Gasteiger partial charge in [-0.05, 0) is 25.5 Å². The summed E-state index contributed by atoms with van der Waals surface area (Å²) in [5.41, 5.74) is 1.44. The molecule has 1 rings (SSSR count). The van der Waals surface area contributed by atoms with Crippen LogP contribution in [0.2, 0.25) is 0 Å². The van der Waals surface area contributed by atoms with Gasteiger partial charge in [0.05, 0.1) is 0 Å². The minimum atomic E-state index is -0.376. The largest absolute Gasteiger partial charge is 0.348 e. The number of aromatic nitrogens is 1. The lowest BCUT2D eigenvalue weighted by atomic mass is 10.1. The van der Waals surface area contributed by atoms with Crippen molar-refractivity contribution in [1.82, 2.24) is 10.3 Å². The summed E-state index contributed by atoms with van der Waals surface area (Å²) in [4.78, 5) is 25.6. The maximum atomic E-state index is 11.5. The maximum Gasteiger partial charge on any atom is 0.261 e. The van der Waals surface area contributed by atoms with Crippen LogP contribution in [0.3, 0.4) is 0 Å². The molecular weight excluding hydrogens is 192 g/mol. The quantitative estimate of drug-likeness (QED) is 0.722. The van der Waals surface area contributed by atoms with Gasteiger partial charge in [-0.1, -0.05) is 6.08 Å². The van der Waals surface area contributed by atoms with E-state index in [2.05, 4.69) is 16.9 Å². The second kappa shape index (κ2) is 4.59. The van der Waals surface area contributed by atoms with E-state index in [4.69, 9.17) is 0 Å². The van der Waals surface area contributed by atoms with Gasteiger partial charge in [-0.15, -0.1) is 6.58 Å². The number of carbonyl (C=O) groups is 1. The van der Waals surface area contributed by atoms with E-state index < -0.39 is 0 Å². The normalized spacial score (nSPS) is 9.73. The fourth-order valence-electron chi connectivity index (χ4n) is 1.16. The molecule has 0 radical (unpaired) electrons. The Morgan fingerprint density at radius 1 is 1.60 bits per heavy atom. The summed E-state index contributed by atoms with van der Waals surface area (Å²) in [7, 11) is 0. The van der Waals surface area contributed by atoms with Crippen LogP contribution in [0.15, 0.2) is 23.5 Å². The van der Waals surface area contributed by atoms with Gasteiger partial charge in [0.15, 0.2) is 0 Å². The van der Waals surface area contributed by atoms with Crippen LogP contribution in [0.4, 0.5) is 0 Å². The number of hydrogen-bond donors (Lipinski definition) is 2. The van der Waals surface area contributed by atoms with Gasteiger partial charge in [-0.2, -0.15) is 0 Å². The Balaban J connectivity index is 3.04. The van der Waals surface area contributed by atoms with Gasteiger partial charge in [-0.25, -0.2) is 0 Å². The van der Waals surface area contributed by atoms with E-state index in [9.17, 15) is 9.59 Å². The smallest absolute Gasteiger partial charge is 0.261 e. The fourth-order valence-corrected chi connectivity index (χ4v) is 1.16. The molecule has 0 unspecified atom stereocenters. The van der Waals surface area contributed by atoms with Crippen molar-refractivity contribution in [3.8, 4) is 0 Å². The molecule has 4 heteroatoms. The molecule has 0 aliphatic carbocycles. The van der Waals surface area contributed by atoms with E-state index in [0.29, 0.717) is 6.54 Å². The number of rotatable bonds is 3. The van der Waals surface area contributed by atoms with Crippen molar-refractivity contribution in [2.45, 2.75) is 13.8 Å². The average molecular weight is 206 g/mol. The molecule has 80 valence electrons. The van der Waals surface area contributed by atoms with Crippen molar-refractivity contribution >= 4 is 5.91 Å². The van der Waals surface area contributed by atoms with Gasteiger partial charge >= 0.3 is 0 Å². The molecule has 0 aliphatic heterocycles. The van der Waals surface area contributed by atoms with Crippen molar-refractivity contribution in [1.29, 1.82) is 0 Å². The first-order valence-electron chi connectivity index (χ1n) is 4.66. The number of H-pyrrole nitrogens is 1. The van der Waals surface area contributed by atoms with Crippen molar-refractivity contribution in [2.24, 2.45) is 0 Å². The van der Waals surface area contributed by atoms with Crippen LogP contribution in [0.5, 0.6) is 0 Å². The lowest BCUT2D eigenvalue weighted by Gasteiger charge is -2.04. The number of aromatic amines is 1. The molecule has 0 fully saturated rings. The van der Waals surface area contributed by atoms with Crippen LogP contribution >= 0.6 is 0 Å². The van der Waals surface area contributed by atoms with Crippen LogP contribution in [0, 0.1) is 13.8 Å². The molecule has 2 N–H and O–H groups in total. The van der Waals surface area contributed by atoms with E-state index >= 15 is 0 Å². The molecule has 15 heavy (non-hydrogen) atoms. The summed E-state index contributed by atoms with van der Waals surface area (Å²) in [6.07, 6.45) is 1.56. The van der Waals surface area contributed by atoms with E-state index in [1.165, 1.54) is 0 Å². The Bertz CT molecular complexity index is 446. The highest BCUT2D eigenvalue weighted by atomic mass is 16.2. The molecule has 4 nitrogen and oxygen atoms in total. The highest BCUT2D eigenvalue weighted by Gasteiger charge is 2.10. The van der Waals surface area contributed by atoms with Gasteiger partial charge in [0.1, 0.15) is 5.56 Å². The van der Waals surface area contributed by atoms with Gasteiger partial charge in [0.2, 0.25) is 0 Å². The summed E-state index contributed by atoms with van der Waals surface area (Å²) in [5.74, 6) is -0.376. The molecule has 0 aromatic carbocycles. The second-order valence-corrected chi connectivity index (χ2v) is 3.32. The van der Waals surface area contributed by atoms with Gasteiger partial charge in [-0.3, -0.25) is 9.59 Å². The third-order valence-corrected chi connectivity index (χ3v) is 2.15. The van der Waals surface area contributed by atoms with Crippen LogP contribution in [0.1, 0.15) is 21.6 Å². The number of carbonyl (C=O) groups excluding carboxylic acids is 1.